The molecule has 0 radical (unpaired) electrons. The van der Waals surface area contributed by atoms with Crippen LogP contribution in [-0.4, -0.2) is 31.3 Å². The number of pyridine rings is 1. The Morgan fingerprint density at radius 3 is 2.79 bits per heavy atom. The minimum Gasteiger partial charge on any atom is -0.368 e. The van der Waals surface area contributed by atoms with Crippen LogP contribution in [-0.2, 0) is 5.41 Å². The Kier molecular flexibility index (Phi) is 3.48. The maximum absolute atomic E-state index is 4.69. The molecule has 0 spiro atoms. The molecule has 0 aromatic carbocycles. The second-order valence-electron chi connectivity index (χ2n) is 7.35. The van der Waals surface area contributed by atoms with Gasteiger partial charge in [0, 0.05) is 30.3 Å². The van der Waals surface area contributed by atoms with Crippen molar-refractivity contribution < 1.29 is 0 Å². The van der Waals surface area contributed by atoms with Gasteiger partial charge in [0.15, 0.2) is 11.5 Å². The zero-order chi connectivity index (χ0) is 16.7. The molecule has 2 unspecified atom stereocenters. The smallest absolute Gasteiger partial charge is 0.178 e. The molecule has 0 aliphatic heterocycles. The van der Waals surface area contributed by atoms with Crippen molar-refractivity contribution in [2.75, 3.05) is 11.9 Å². The molecule has 6 heteroatoms. The van der Waals surface area contributed by atoms with Crippen LogP contribution in [0.2, 0.25) is 0 Å². The van der Waals surface area contributed by atoms with E-state index in [2.05, 4.69) is 47.3 Å². The van der Waals surface area contributed by atoms with Crippen LogP contribution in [0.4, 0.5) is 5.82 Å². The van der Waals surface area contributed by atoms with Gasteiger partial charge in [-0.3, -0.25) is 4.98 Å². The van der Waals surface area contributed by atoms with Gasteiger partial charge in [0.1, 0.15) is 5.82 Å². The summed E-state index contributed by atoms with van der Waals surface area (Å²) in [6.45, 7) is 7.41. The molecule has 6 nitrogen and oxygen atoms in total. The Hall–Kier alpha value is -2.50. The number of rotatable bonds is 5. The van der Waals surface area contributed by atoms with E-state index in [1.54, 1.807) is 6.20 Å². The Morgan fingerprint density at radius 2 is 2.08 bits per heavy atom. The zero-order valence-corrected chi connectivity index (χ0v) is 14.3. The maximum Gasteiger partial charge on any atom is 0.178 e. The second-order valence-corrected chi connectivity index (χ2v) is 7.35. The molecule has 0 amide bonds. The van der Waals surface area contributed by atoms with Gasteiger partial charge in [-0.1, -0.05) is 26.8 Å². The first-order chi connectivity index (χ1) is 11.5. The molecular weight excluding hydrogens is 300 g/mol. The Balaban J connectivity index is 1.54. The highest BCUT2D eigenvalue weighted by Crippen LogP contribution is 2.45. The SMILES string of the molecule is CC1CC1c1nnc2ccc(NCC(C)(C)c3cccnc3)nn12. The molecule has 1 aliphatic carbocycles. The Labute approximate surface area is 141 Å². The van der Waals surface area contributed by atoms with Crippen LogP contribution in [0.15, 0.2) is 36.7 Å². The van der Waals surface area contributed by atoms with Crippen molar-refractivity contribution in [3.63, 3.8) is 0 Å². The average Bonchev–Trinajstić information content (AvgIpc) is 3.17. The van der Waals surface area contributed by atoms with Crippen molar-refractivity contribution in [1.82, 2.24) is 24.8 Å². The average molecular weight is 322 g/mol. The van der Waals surface area contributed by atoms with E-state index in [0.717, 1.165) is 23.8 Å². The number of fused-ring (bicyclic) bond motifs is 1. The summed E-state index contributed by atoms with van der Waals surface area (Å²) < 4.78 is 1.88. The van der Waals surface area contributed by atoms with Crippen molar-refractivity contribution in [3.8, 4) is 0 Å². The highest BCUT2D eigenvalue weighted by atomic mass is 15.4. The summed E-state index contributed by atoms with van der Waals surface area (Å²) in [5, 5.41) is 16.7. The highest BCUT2D eigenvalue weighted by Gasteiger charge is 2.38. The molecule has 0 saturated heterocycles. The maximum atomic E-state index is 4.69. The summed E-state index contributed by atoms with van der Waals surface area (Å²) >= 11 is 0. The molecule has 1 N–H and O–H groups in total. The first kappa shape index (κ1) is 15.1. The van der Waals surface area contributed by atoms with Gasteiger partial charge in [-0.05, 0) is 36.1 Å². The lowest BCUT2D eigenvalue weighted by molar-refractivity contribution is 0.553. The minimum atomic E-state index is -0.0358. The van der Waals surface area contributed by atoms with E-state index in [0.29, 0.717) is 11.8 Å². The monoisotopic (exact) mass is 322 g/mol. The molecule has 124 valence electrons. The molecule has 1 aliphatic rings. The molecule has 0 bridgehead atoms. The normalized spacial score (nSPS) is 20.3. The van der Waals surface area contributed by atoms with Gasteiger partial charge in [0.05, 0.1) is 0 Å². The van der Waals surface area contributed by atoms with Crippen molar-refractivity contribution in [2.45, 2.75) is 38.5 Å². The zero-order valence-electron chi connectivity index (χ0n) is 14.3. The third-order valence-electron chi connectivity index (χ3n) is 4.88. The van der Waals surface area contributed by atoms with Crippen LogP contribution in [0.3, 0.4) is 0 Å². The summed E-state index contributed by atoms with van der Waals surface area (Å²) in [6, 6.07) is 8.01. The summed E-state index contributed by atoms with van der Waals surface area (Å²) in [6.07, 6.45) is 4.90. The first-order valence-corrected chi connectivity index (χ1v) is 8.41. The van der Waals surface area contributed by atoms with Crippen LogP contribution in [0.1, 0.15) is 44.5 Å². The first-order valence-electron chi connectivity index (χ1n) is 8.41. The summed E-state index contributed by atoms with van der Waals surface area (Å²) in [5.74, 6) is 3.00. The van der Waals surface area contributed by atoms with Crippen LogP contribution in [0.25, 0.3) is 5.65 Å². The molecule has 1 fully saturated rings. The molecule has 1 saturated carbocycles. The third kappa shape index (κ3) is 2.72. The largest absolute Gasteiger partial charge is 0.368 e. The van der Waals surface area contributed by atoms with Crippen LogP contribution in [0, 0.1) is 5.92 Å². The van der Waals surface area contributed by atoms with E-state index < -0.39 is 0 Å². The third-order valence-corrected chi connectivity index (χ3v) is 4.88. The predicted octanol–water partition coefficient (Wildman–Crippen LogP) is 3.03. The lowest BCUT2D eigenvalue weighted by Crippen LogP contribution is -2.28. The number of anilines is 1. The fraction of sp³-hybridized carbons (Fsp3) is 0.444. The van der Waals surface area contributed by atoms with Gasteiger partial charge in [-0.25, -0.2) is 0 Å². The van der Waals surface area contributed by atoms with Gasteiger partial charge < -0.3 is 5.32 Å². The minimum absolute atomic E-state index is 0.0358. The van der Waals surface area contributed by atoms with Gasteiger partial charge in [0.2, 0.25) is 0 Å². The van der Waals surface area contributed by atoms with Crippen molar-refractivity contribution in [1.29, 1.82) is 0 Å². The van der Waals surface area contributed by atoms with Gasteiger partial charge in [0.25, 0.3) is 0 Å². The molecule has 24 heavy (non-hydrogen) atoms. The van der Waals surface area contributed by atoms with Gasteiger partial charge in [-0.15, -0.1) is 15.3 Å². The van der Waals surface area contributed by atoms with Crippen LogP contribution < -0.4 is 5.32 Å². The standard InChI is InChI=1S/C18H22N6/c1-12-9-14(12)17-22-21-16-7-6-15(23-24(16)17)20-11-18(2,3)13-5-4-8-19-10-13/h4-8,10,12,14H,9,11H2,1-3H3,(H,20,23). The predicted molar refractivity (Wildman–Crippen MR) is 93.1 cm³/mol. The fourth-order valence-electron chi connectivity index (χ4n) is 2.99. The topological polar surface area (TPSA) is 68.0 Å². The fourth-order valence-corrected chi connectivity index (χ4v) is 2.99. The lowest BCUT2D eigenvalue weighted by atomic mass is 9.86. The molecule has 2 atom stereocenters. The van der Waals surface area contributed by atoms with E-state index >= 15 is 0 Å². The van der Waals surface area contributed by atoms with E-state index in [1.165, 1.54) is 12.0 Å². The molecule has 3 aromatic heterocycles. The number of aromatic nitrogens is 5. The van der Waals surface area contributed by atoms with E-state index in [1.807, 2.05) is 28.9 Å². The number of hydrogen-bond donors (Lipinski definition) is 1. The summed E-state index contributed by atoms with van der Waals surface area (Å²) in [7, 11) is 0. The van der Waals surface area contributed by atoms with Crippen molar-refractivity contribution in [2.24, 2.45) is 5.92 Å². The molecule has 3 heterocycles. The number of hydrogen-bond acceptors (Lipinski definition) is 5. The van der Waals surface area contributed by atoms with Crippen LogP contribution in [0.5, 0.6) is 0 Å². The van der Waals surface area contributed by atoms with Crippen molar-refractivity contribution in [3.05, 3.63) is 48.0 Å². The Morgan fingerprint density at radius 1 is 1.25 bits per heavy atom. The molecule has 3 aromatic rings. The van der Waals surface area contributed by atoms with Crippen molar-refractivity contribution >= 4 is 11.5 Å². The molecule has 4 rings (SSSR count). The van der Waals surface area contributed by atoms with Gasteiger partial charge >= 0.3 is 0 Å². The summed E-state index contributed by atoms with van der Waals surface area (Å²) in [5.41, 5.74) is 1.97. The van der Waals surface area contributed by atoms with Crippen LogP contribution >= 0.6 is 0 Å². The van der Waals surface area contributed by atoms with Gasteiger partial charge in [-0.2, -0.15) is 4.52 Å². The number of nitrogens with zero attached hydrogens (tertiary/aromatic N) is 5. The quantitative estimate of drug-likeness (QED) is 0.782. The van der Waals surface area contributed by atoms with E-state index in [-0.39, 0.29) is 5.41 Å². The van der Waals surface area contributed by atoms with E-state index in [9.17, 15) is 0 Å². The molecular formula is C18H22N6. The van der Waals surface area contributed by atoms with E-state index in [4.69, 9.17) is 5.10 Å². The summed E-state index contributed by atoms with van der Waals surface area (Å²) in [4.78, 5) is 4.22. The second kappa shape index (κ2) is 5.54. The highest BCUT2D eigenvalue weighted by molar-refractivity contribution is 5.45. The number of nitrogens with one attached hydrogen (secondary N) is 1. The Bertz CT molecular complexity index is 854. The lowest BCUT2D eigenvalue weighted by Gasteiger charge is -2.25.